The second-order valence-electron chi connectivity index (χ2n) is 4.39. The first-order chi connectivity index (χ1) is 10.0. The standard InChI is InChI=1S/C13H15NO7.2Li/c15-11(16)13(12(17)18,7-9-3-1-2-4-14-9)21-10-8-19-5-6-20-10;;/h1-4,10H,5-8H2,(H,15,16)(H,17,18);;/q;2*+1/p-2. The minimum absolute atomic E-state index is 0. The van der Waals surface area contributed by atoms with Gasteiger partial charge in [-0.2, -0.15) is 0 Å². The van der Waals surface area contributed by atoms with Crippen molar-refractivity contribution in [2.45, 2.75) is 18.3 Å². The molecular formula is C13H13Li2NO7. The first kappa shape index (κ1) is 22.2. The van der Waals surface area contributed by atoms with Gasteiger partial charge in [-0.15, -0.1) is 0 Å². The molecule has 0 radical (unpaired) electrons. The van der Waals surface area contributed by atoms with Gasteiger partial charge in [-0.1, -0.05) is 6.07 Å². The molecule has 23 heavy (non-hydrogen) atoms. The third-order valence-corrected chi connectivity index (χ3v) is 2.93. The maximum Gasteiger partial charge on any atom is 1.00 e. The van der Waals surface area contributed by atoms with Crippen LogP contribution < -0.4 is 47.9 Å². The van der Waals surface area contributed by atoms with Crippen LogP contribution in [-0.2, 0) is 30.2 Å². The molecule has 0 spiro atoms. The van der Waals surface area contributed by atoms with Crippen LogP contribution in [0.15, 0.2) is 24.4 Å². The SMILES string of the molecule is O=C([O-])C(Cc1ccccn1)(OC1COCCO1)C(=O)[O-].[Li+].[Li+]. The summed E-state index contributed by atoms with van der Waals surface area (Å²) in [4.78, 5) is 26.6. The molecule has 2 heterocycles. The number of hydrogen-bond acceptors (Lipinski definition) is 8. The van der Waals surface area contributed by atoms with Crippen molar-refractivity contribution in [3.8, 4) is 0 Å². The Morgan fingerprint density at radius 2 is 1.96 bits per heavy atom. The van der Waals surface area contributed by atoms with Crippen molar-refractivity contribution < 1.29 is 71.7 Å². The number of pyridine rings is 1. The first-order valence-corrected chi connectivity index (χ1v) is 6.24. The Morgan fingerprint density at radius 1 is 1.26 bits per heavy atom. The predicted octanol–water partition coefficient (Wildman–Crippen LogP) is -8.74. The van der Waals surface area contributed by atoms with Crippen LogP contribution in [0.2, 0.25) is 0 Å². The molecule has 1 unspecified atom stereocenters. The van der Waals surface area contributed by atoms with Crippen molar-refractivity contribution in [3.63, 3.8) is 0 Å². The van der Waals surface area contributed by atoms with Crippen LogP contribution in [0.5, 0.6) is 0 Å². The molecule has 1 aromatic heterocycles. The Hall–Kier alpha value is -0.835. The minimum atomic E-state index is -2.69. The number of hydrogen-bond donors (Lipinski definition) is 0. The fraction of sp³-hybridized carbons (Fsp3) is 0.462. The van der Waals surface area contributed by atoms with E-state index in [1.807, 2.05) is 0 Å². The molecule has 0 saturated carbocycles. The smallest absolute Gasteiger partial charge is 0.547 e. The number of rotatable bonds is 6. The number of ether oxygens (including phenoxy) is 3. The molecule has 0 aromatic carbocycles. The molecule has 0 bridgehead atoms. The van der Waals surface area contributed by atoms with Gasteiger partial charge in [0, 0.05) is 18.3 Å². The van der Waals surface area contributed by atoms with Crippen LogP contribution in [0.25, 0.3) is 0 Å². The van der Waals surface area contributed by atoms with E-state index in [9.17, 15) is 19.8 Å². The monoisotopic (exact) mass is 309 g/mol. The number of carboxylic acid groups (broad SMARTS) is 2. The van der Waals surface area contributed by atoms with Gasteiger partial charge in [0.2, 0.25) is 0 Å². The number of aromatic nitrogens is 1. The van der Waals surface area contributed by atoms with Crippen LogP contribution in [0, 0.1) is 0 Å². The molecule has 8 nitrogen and oxygen atoms in total. The van der Waals surface area contributed by atoms with Crippen molar-refractivity contribution in [1.29, 1.82) is 0 Å². The number of carbonyl (C=O) groups is 2. The Labute approximate surface area is 156 Å². The van der Waals surface area contributed by atoms with Gasteiger partial charge in [0.25, 0.3) is 0 Å². The van der Waals surface area contributed by atoms with Crippen LogP contribution in [0.1, 0.15) is 5.69 Å². The average molecular weight is 309 g/mol. The summed E-state index contributed by atoms with van der Waals surface area (Å²) in [6.45, 7) is 0.415. The molecule has 1 saturated heterocycles. The van der Waals surface area contributed by atoms with Crippen molar-refractivity contribution in [1.82, 2.24) is 4.98 Å². The van der Waals surface area contributed by atoms with Gasteiger partial charge in [0.15, 0.2) is 11.9 Å². The molecule has 0 N–H and O–H groups in total. The van der Waals surface area contributed by atoms with E-state index in [4.69, 9.17) is 14.2 Å². The summed E-state index contributed by atoms with van der Waals surface area (Å²) in [5.41, 5.74) is -2.48. The zero-order valence-electron chi connectivity index (χ0n) is 13.0. The number of nitrogens with zero attached hydrogens (tertiary/aromatic N) is 1. The van der Waals surface area contributed by atoms with Crippen LogP contribution >= 0.6 is 0 Å². The first-order valence-electron chi connectivity index (χ1n) is 6.24. The molecule has 1 aromatic rings. The van der Waals surface area contributed by atoms with E-state index in [1.54, 1.807) is 12.1 Å². The fourth-order valence-electron chi connectivity index (χ4n) is 1.88. The maximum atomic E-state index is 11.4. The maximum absolute atomic E-state index is 11.4. The molecule has 1 fully saturated rings. The largest absolute Gasteiger partial charge is 1.00 e. The quantitative estimate of drug-likeness (QED) is 0.375. The van der Waals surface area contributed by atoms with E-state index in [-0.39, 0.29) is 56.6 Å². The predicted molar refractivity (Wildman–Crippen MR) is 62.3 cm³/mol. The van der Waals surface area contributed by atoms with Crippen molar-refractivity contribution in [3.05, 3.63) is 30.1 Å². The van der Waals surface area contributed by atoms with Crippen molar-refractivity contribution in [2.24, 2.45) is 0 Å². The van der Waals surface area contributed by atoms with Crippen LogP contribution in [-0.4, -0.2) is 48.6 Å². The fourth-order valence-corrected chi connectivity index (χ4v) is 1.88. The second-order valence-corrected chi connectivity index (χ2v) is 4.39. The Bertz CT molecular complexity index is 494. The van der Waals surface area contributed by atoms with Crippen molar-refractivity contribution >= 4 is 11.9 Å². The summed E-state index contributed by atoms with van der Waals surface area (Å²) in [5, 5.41) is 22.7. The van der Waals surface area contributed by atoms with Crippen molar-refractivity contribution in [2.75, 3.05) is 19.8 Å². The zero-order valence-corrected chi connectivity index (χ0v) is 13.0. The third kappa shape index (κ3) is 5.63. The minimum Gasteiger partial charge on any atom is -0.547 e. The molecular weight excluding hydrogens is 296 g/mol. The normalized spacial score (nSPS) is 17.5. The summed E-state index contributed by atoms with van der Waals surface area (Å²) in [7, 11) is 0. The van der Waals surface area contributed by atoms with Gasteiger partial charge in [-0.25, -0.2) is 0 Å². The van der Waals surface area contributed by atoms with E-state index in [0.29, 0.717) is 6.61 Å². The van der Waals surface area contributed by atoms with Gasteiger partial charge >= 0.3 is 37.7 Å². The molecule has 2 rings (SSSR count). The summed E-state index contributed by atoms with van der Waals surface area (Å²) < 4.78 is 15.3. The Balaban J connectivity index is 0.00000242. The van der Waals surface area contributed by atoms with Gasteiger partial charge < -0.3 is 34.0 Å². The van der Waals surface area contributed by atoms with Gasteiger partial charge in [0.05, 0.1) is 31.8 Å². The Morgan fingerprint density at radius 3 is 2.43 bits per heavy atom. The summed E-state index contributed by atoms with van der Waals surface area (Å²) >= 11 is 0. The van der Waals surface area contributed by atoms with E-state index in [1.165, 1.54) is 12.3 Å². The topological polar surface area (TPSA) is 121 Å². The third-order valence-electron chi connectivity index (χ3n) is 2.93. The second kappa shape index (κ2) is 10.1. The van der Waals surface area contributed by atoms with Gasteiger partial charge in [-0.3, -0.25) is 4.98 Å². The molecule has 114 valence electrons. The van der Waals surface area contributed by atoms with Gasteiger partial charge in [0.1, 0.15) is 0 Å². The molecule has 0 amide bonds. The number of aliphatic carboxylic acids is 2. The number of carbonyl (C=O) groups excluding carboxylic acids is 2. The van der Waals surface area contributed by atoms with E-state index < -0.39 is 30.3 Å². The average Bonchev–Trinajstić information content (AvgIpc) is 2.48. The van der Waals surface area contributed by atoms with E-state index in [0.717, 1.165) is 0 Å². The molecule has 0 aliphatic carbocycles. The molecule has 1 aliphatic heterocycles. The zero-order chi connectivity index (χ0) is 15.3. The van der Waals surface area contributed by atoms with Gasteiger partial charge in [-0.05, 0) is 12.1 Å². The molecule has 1 atom stereocenters. The van der Waals surface area contributed by atoms with E-state index in [2.05, 4.69) is 4.98 Å². The molecule has 10 heteroatoms. The molecule has 1 aliphatic rings. The van der Waals surface area contributed by atoms with Crippen LogP contribution in [0.4, 0.5) is 0 Å². The summed E-state index contributed by atoms with van der Waals surface area (Å²) in [6.07, 6.45) is -0.262. The van der Waals surface area contributed by atoms with Crippen LogP contribution in [0.3, 0.4) is 0 Å². The number of carboxylic acids is 2. The van der Waals surface area contributed by atoms with E-state index >= 15 is 0 Å². The summed E-state index contributed by atoms with van der Waals surface area (Å²) in [5.74, 6) is -3.86. The summed E-state index contributed by atoms with van der Waals surface area (Å²) in [6, 6.07) is 4.68. The Kier molecular flexibility index (Phi) is 9.75.